The van der Waals surface area contributed by atoms with Gasteiger partial charge in [-0.2, -0.15) is 0 Å². The zero-order valence-corrected chi connectivity index (χ0v) is 13.1. The second-order valence-corrected chi connectivity index (χ2v) is 5.50. The Hall–Kier alpha value is -2.73. The van der Waals surface area contributed by atoms with E-state index in [2.05, 4.69) is 5.32 Å². The first-order valence-corrected chi connectivity index (χ1v) is 7.22. The van der Waals surface area contributed by atoms with Crippen molar-refractivity contribution in [2.75, 3.05) is 20.6 Å². The van der Waals surface area contributed by atoms with E-state index >= 15 is 0 Å². The van der Waals surface area contributed by atoms with E-state index in [1.165, 1.54) is 24.3 Å². The van der Waals surface area contributed by atoms with E-state index in [1.54, 1.807) is 0 Å². The van der Waals surface area contributed by atoms with E-state index in [0.29, 0.717) is 12.1 Å². The molecule has 23 heavy (non-hydrogen) atoms. The monoisotopic (exact) mass is 313 g/mol. The molecule has 0 aliphatic carbocycles. The van der Waals surface area contributed by atoms with Gasteiger partial charge in [0.2, 0.25) is 0 Å². The van der Waals surface area contributed by atoms with Gasteiger partial charge in [0, 0.05) is 24.2 Å². The maximum Gasteiger partial charge on any atom is 0.269 e. The summed E-state index contributed by atoms with van der Waals surface area (Å²) in [5.74, 6) is -0.254. The van der Waals surface area contributed by atoms with Crippen molar-refractivity contribution < 1.29 is 9.72 Å². The number of hydrogen-bond donors (Lipinski definition) is 1. The van der Waals surface area contributed by atoms with Gasteiger partial charge in [-0.15, -0.1) is 0 Å². The van der Waals surface area contributed by atoms with Crippen molar-refractivity contribution in [1.29, 1.82) is 0 Å². The Balaban J connectivity index is 2.15. The third-order valence-corrected chi connectivity index (χ3v) is 3.40. The fourth-order valence-corrected chi connectivity index (χ4v) is 2.26. The van der Waals surface area contributed by atoms with Crippen LogP contribution in [-0.2, 0) is 0 Å². The molecule has 2 aromatic carbocycles. The van der Waals surface area contributed by atoms with Crippen molar-refractivity contribution in [2.45, 2.75) is 6.04 Å². The van der Waals surface area contributed by atoms with Crippen LogP contribution in [0.3, 0.4) is 0 Å². The summed E-state index contributed by atoms with van der Waals surface area (Å²) in [6.45, 7) is 0.655. The first-order chi connectivity index (χ1) is 11.0. The normalized spacial score (nSPS) is 12.0. The molecule has 2 aromatic rings. The molecule has 0 aliphatic rings. The summed E-state index contributed by atoms with van der Waals surface area (Å²) >= 11 is 0. The van der Waals surface area contributed by atoms with Gasteiger partial charge in [0.25, 0.3) is 11.6 Å². The Morgan fingerprint density at radius 3 is 2.26 bits per heavy atom. The van der Waals surface area contributed by atoms with Crippen LogP contribution in [0.1, 0.15) is 22.0 Å². The zero-order valence-electron chi connectivity index (χ0n) is 13.1. The predicted molar refractivity (Wildman–Crippen MR) is 88.3 cm³/mol. The second kappa shape index (κ2) is 7.51. The number of amides is 1. The van der Waals surface area contributed by atoms with Gasteiger partial charge in [0.1, 0.15) is 0 Å². The highest BCUT2D eigenvalue weighted by Crippen LogP contribution is 2.16. The standard InChI is InChI=1S/C17H19N3O3/c1-19(2)12-16(13-6-4-3-5-7-13)18-17(21)14-8-10-15(11-9-14)20(22)23/h3-11,16H,12H2,1-2H3,(H,18,21)/t16-/m1/s1. The zero-order chi connectivity index (χ0) is 16.8. The Kier molecular flexibility index (Phi) is 5.43. The van der Waals surface area contributed by atoms with E-state index in [-0.39, 0.29) is 17.6 Å². The molecule has 1 amide bonds. The Morgan fingerprint density at radius 2 is 1.74 bits per heavy atom. The SMILES string of the molecule is CN(C)C[C@@H](NC(=O)c1ccc([N+](=O)[O-])cc1)c1ccccc1. The fourth-order valence-electron chi connectivity index (χ4n) is 2.26. The number of hydrogen-bond acceptors (Lipinski definition) is 4. The maximum absolute atomic E-state index is 12.4. The van der Waals surface area contributed by atoms with Crippen molar-refractivity contribution in [1.82, 2.24) is 10.2 Å². The number of nitrogens with one attached hydrogen (secondary N) is 1. The van der Waals surface area contributed by atoms with Crippen LogP contribution in [0.2, 0.25) is 0 Å². The lowest BCUT2D eigenvalue weighted by molar-refractivity contribution is -0.384. The number of carbonyl (C=O) groups excluding carboxylic acids is 1. The van der Waals surface area contributed by atoms with Crippen molar-refractivity contribution in [3.8, 4) is 0 Å². The topological polar surface area (TPSA) is 75.5 Å². The molecule has 1 N–H and O–H groups in total. The first-order valence-electron chi connectivity index (χ1n) is 7.22. The fraction of sp³-hybridized carbons (Fsp3) is 0.235. The predicted octanol–water partition coefficient (Wildman–Crippen LogP) is 2.63. The van der Waals surface area contributed by atoms with Gasteiger partial charge in [-0.05, 0) is 31.8 Å². The highest BCUT2D eigenvalue weighted by molar-refractivity contribution is 5.94. The van der Waals surface area contributed by atoms with E-state index in [0.717, 1.165) is 5.56 Å². The van der Waals surface area contributed by atoms with Gasteiger partial charge >= 0.3 is 0 Å². The van der Waals surface area contributed by atoms with Crippen LogP contribution in [-0.4, -0.2) is 36.4 Å². The number of nitro benzene ring substituents is 1. The summed E-state index contributed by atoms with van der Waals surface area (Å²) in [7, 11) is 3.88. The van der Waals surface area contributed by atoms with Gasteiger partial charge in [-0.3, -0.25) is 14.9 Å². The van der Waals surface area contributed by atoms with Crippen LogP contribution in [0.15, 0.2) is 54.6 Å². The second-order valence-electron chi connectivity index (χ2n) is 5.50. The molecule has 0 saturated carbocycles. The highest BCUT2D eigenvalue weighted by Gasteiger charge is 2.17. The lowest BCUT2D eigenvalue weighted by Crippen LogP contribution is -2.35. The average Bonchev–Trinajstić information content (AvgIpc) is 2.54. The molecule has 2 rings (SSSR count). The van der Waals surface area contributed by atoms with Gasteiger partial charge in [0.05, 0.1) is 11.0 Å². The van der Waals surface area contributed by atoms with E-state index < -0.39 is 4.92 Å². The molecule has 0 aliphatic heterocycles. The molecular formula is C17H19N3O3. The summed E-state index contributed by atoms with van der Waals surface area (Å²) in [5, 5.41) is 13.6. The summed E-state index contributed by atoms with van der Waals surface area (Å²) in [6, 6.07) is 15.1. The van der Waals surface area contributed by atoms with Crippen LogP contribution >= 0.6 is 0 Å². The molecule has 0 aromatic heterocycles. The van der Waals surface area contributed by atoms with Gasteiger partial charge in [-0.25, -0.2) is 0 Å². The average molecular weight is 313 g/mol. The summed E-state index contributed by atoms with van der Waals surface area (Å²) in [6.07, 6.45) is 0. The molecule has 120 valence electrons. The van der Waals surface area contributed by atoms with Crippen LogP contribution in [0.5, 0.6) is 0 Å². The quantitative estimate of drug-likeness (QED) is 0.657. The minimum absolute atomic E-state index is 0.0329. The molecule has 0 unspecified atom stereocenters. The third-order valence-electron chi connectivity index (χ3n) is 3.40. The van der Waals surface area contributed by atoms with Gasteiger partial charge < -0.3 is 10.2 Å². The molecule has 0 fully saturated rings. The largest absolute Gasteiger partial charge is 0.344 e. The molecule has 0 saturated heterocycles. The molecule has 0 heterocycles. The molecule has 6 heteroatoms. The minimum Gasteiger partial charge on any atom is -0.344 e. The Morgan fingerprint density at radius 1 is 1.13 bits per heavy atom. The van der Waals surface area contributed by atoms with Crippen LogP contribution in [0, 0.1) is 10.1 Å². The minimum atomic E-state index is -0.486. The number of likely N-dealkylation sites (N-methyl/N-ethyl adjacent to an activating group) is 1. The third kappa shape index (κ3) is 4.62. The molecule has 0 bridgehead atoms. The lowest BCUT2D eigenvalue weighted by atomic mass is 10.1. The van der Waals surface area contributed by atoms with Crippen molar-refractivity contribution in [2.24, 2.45) is 0 Å². The Bertz CT molecular complexity index is 669. The number of rotatable bonds is 6. The Labute approximate surface area is 134 Å². The summed E-state index contributed by atoms with van der Waals surface area (Å²) in [4.78, 5) is 24.6. The van der Waals surface area contributed by atoms with Crippen LogP contribution in [0.25, 0.3) is 0 Å². The number of nitro groups is 1. The van der Waals surface area contributed by atoms with Crippen molar-refractivity contribution in [3.05, 3.63) is 75.8 Å². The van der Waals surface area contributed by atoms with E-state index in [9.17, 15) is 14.9 Å². The van der Waals surface area contributed by atoms with Gasteiger partial charge in [0.15, 0.2) is 0 Å². The number of benzene rings is 2. The molecule has 6 nitrogen and oxygen atoms in total. The van der Waals surface area contributed by atoms with Crippen LogP contribution < -0.4 is 5.32 Å². The number of non-ortho nitro benzene ring substituents is 1. The van der Waals surface area contributed by atoms with Crippen molar-refractivity contribution >= 4 is 11.6 Å². The molecule has 0 spiro atoms. The molecular weight excluding hydrogens is 294 g/mol. The van der Waals surface area contributed by atoms with E-state index in [4.69, 9.17) is 0 Å². The first kappa shape index (κ1) is 16.6. The number of nitrogens with zero attached hydrogens (tertiary/aromatic N) is 2. The van der Waals surface area contributed by atoms with Crippen LogP contribution in [0.4, 0.5) is 5.69 Å². The molecule has 1 atom stereocenters. The smallest absolute Gasteiger partial charge is 0.269 e. The summed E-state index contributed by atoms with van der Waals surface area (Å²) in [5.41, 5.74) is 1.38. The maximum atomic E-state index is 12.4. The number of carbonyl (C=O) groups is 1. The van der Waals surface area contributed by atoms with Crippen molar-refractivity contribution in [3.63, 3.8) is 0 Å². The highest BCUT2D eigenvalue weighted by atomic mass is 16.6. The molecule has 0 radical (unpaired) electrons. The van der Waals surface area contributed by atoms with E-state index in [1.807, 2.05) is 49.3 Å². The summed E-state index contributed by atoms with van der Waals surface area (Å²) < 4.78 is 0. The lowest BCUT2D eigenvalue weighted by Gasteiger charge is -2.23. The van der Waals surface area contributed by atoms with Gasteiger partial charge in [-0.1, -0.05) is 30.3 Å².